The van der Waals surface area contributed by atoms with Gasteiger partial charge in [-0.05, 0) is 65.0 Å². The summed E-state index contributed by atoms with van der Waals surface area (Å²) in [7, 11) is 0. The van der Waals surface area contributed by atoms with Gasteiger partial charge in [0.15, 0.2) is 0 Å². The zero-order valence-corrected chi connectivity index (χ0v) is 13.4. The Kier molecular flexibility index (Phi) is 6.29. The van der Waals surface area contributed by atoms with E-state index in [0.717, 1.165) is 24.8 Å². The molecule has 1 aliphatic heterocycles. The van der Waals surface area contributed by atoms with Crippen LogP contribution in [0.4, 0.5) is 0 Å². The average molecular weight is 265 g/mol. The van der Waals surface area contributed by atoms with Gasteiger partial charge in [0.05, 0.1) is 6.07 Å². The van der Waals surface area contributed by atoms with Crippen LogP contribution in [0.2, 0.25) is 0 Å². The van der Waals surface area contributed by atoms with Gasteiger partial charge >= 0.3 is 0 Å². The molecule has 0 radical (unpaired) electrons. The first kappa shape index (κ1) is 16.5. The molecule has 0 aromatic heterocycles. The van der Waals surface area contributed by atoms with Gasteiger partial charge in [-0.25, -0.2) is 0 Å². The van der Waals surface area contributed by atoms with E-state index < -0.39 is 0 Å². The van der Waals surface area contributed by atoms with Crippen molar-refractivity contribution in [3.63, 3.8) is 0 Å². The monoisotopic (exact) mass is 265 g/mol. The molecule has 1 fully saturated rings. The second-order valence-corrected chi connectivity index (χ2v) is 6.92. The van der Waals surface area contributed by atoms with Crippen LogP contribution in [-0.4, -0.2) is 36.1 Å². The number of nitrogens with zero attached hydrogens (tertiary/aromatic N) is 2. The topological polar surface area (TPSA) is 39.1 Å². The molecule has 3 heteroatoms. The van der Waals surface area contributed by atoms with E-state index >= 15 is 0 Å². The van der Waals surface area contributed by atoms with Crippen molar-refractivity contribution in [3.05, 3.63) is 0 Å². The lowest BCUT2D eigenvalue weighted by Gasteiger charge is -2.35. The Hall–Kier alpha value is -0.590. The Morgan fingerprint density at radius 1 is 1.26 bits per heavy atom. The summed E-state index contributed by atoms with van der Waals surface area (Å²) in [4.78, 5) is 2.52. The number of nitriles is 1. The van der Waals surface area contributed by atoms with Gasteiger partial charge in [0.2, 0.25) is 0 Å². The largest absolute Gasteiger partial charge is 0.303 e. The smallest absolute Gasteiger partial charge is 0.105 e. The number of hydrogen-bond acceptors (Lipinski definition) is 3. The standard InChI is InChI=1S/C16H31N3/c1-13(2)15-6-9-19(10-7-15)11-8-16(5,12-17)18-14(3)4/h13-15,18H,6-11H2,1-5H3. The number of rotatable bonds is 6. The van der Waals surface area contributed by atoms with Gasteiger partial charge in [-0.3, -0.25) is 5.32 Å². The third-order valence-electron chi connectivity index (χ3n) is 4.36. The Morgan fingerprint density at radius 3 is 2.26 bits per heavy atom. The lowest BCUT2D eigenvalue weighted by molar-refractivity contribution is 0.148. The van der Waals surface area contributed by atoms with Crippen molar-refractivity contribution in [1.29, 1.82) is 5.26 Å². The number of hydrogen-bond donors (Lipinski definition) is 1. The number of likely N-dealkylation sites (tertiary alicyclic amines) is 1. The highest BCUT2D eigenvalue weighted by atomic mass is 15.1. The van der Waals surface area contributed by atoms with Crippen LogP contribution in [0.15, 0.2) is 0 Å². The van der Waals surface area contributed by atoms with Gasteiger partial charge in [0.1, 0.15) is 5.54 Å². The zero-order valence-electron chi connectivity index (χ0n) is 13.4. The molecular weight excluding hydrogens is 234 g/mol. The fraction of sp³-hybridized carbons (Fsp3) is 0.938. The maximum absolute atomic E-state index is 9.35. The average Bonchev–Trinajstić information content (AvgIpc) is 2.36. The lowest BCUT2D eigenvalue weighted by atomic mass is 9.86. The van der Waals surface area contributed by atoms with E-state index in [4.69, 9.17) is 0 Å². The third kappa shape index (κ3) is 5.50. The minimum absolute atomic E-state index is 0.358. The molecule has 0 aromatic carbocycles. The summed E-state index contributed by atoms with van der Waals surface area (Å²) in [5, 5.41) is 12.7. The maximum Gasteiger partial charge on any atom is 0.105 e. The predicted molar refractivity (Wildman–Crippen MR) is 80.9 cm³/mol. The van der Waals surface area contributed by atoms with Crippen LogP contribution >= 0.6 is 0 Å². The highest BCUT2D eigenvalue weighted by molar-refractivity contribution is 5.04. The second kappa shape index (κ2) is 7.26. The SMILES string of the molecule is CC(C)NC(C)(C#N)CCN1CCC(C(C)C)CC1. The van der Waals surface area contributed by atoms with Crippen LogP contribution in [0.1, 0.15) is 53.9 Å². The third-order valence-corrected chi connectivity index (χ3v) is 4.36. The molecule has 19 heavy (non-hydrogen) atoms. The minimum atomic E-state index is -0.386. The fourth-order valence-electron chi connectivity index (χ4n) is 3.02. The van der Waals surface area contributed by atoms with Crippen LogP contribution in [0.25, 0.3) is 0 Å². The fourth-order valence-corrected chi connectivity index (χ4v) is 3.02. The molecule has 1 heterocycles. The Morgan fingerprint density at radius 2 is 1.84 bits per heavy atom. The van der Waals surface area contributed by atoms with Crippen molar-refractivity contribution in [1.82, 2.24) is 10.2 Å². The molecule has 0 amide bonds. The molecule has 1 atom stereocenters. The van der Waals surface area contributed by atoms with Crippen LogP contribution in [0, 0.1) is 23.2 Å². The molecule has 1 unspecified atom stereocenters. The van der Waals surface area contributed by atoms with E-state index in [1.54, 1.807) is 0 Å². The van der Waals surface area contributed by atoms with E-state index in [1.165, 1.54) is 25.9 Å². The molecule has 0 spiro atoms. The van der Waals surface area contributed by atoms with Gasteiger partial charge in [-0.2, -0.15) is 5.26 Å². The van der Waals surface area contributed by atoms with Crippen molar-refractivity contribution in [2.45, 2.75) is 65.5 Å². The molecule has 0 aliphatic carbocycles. The zero-order chi connectivity index (χ0) is 14.5. The van der Waals surface area contributed by atoms with Crippen molar-refractivity contribution in [3.8, 4) is 6.07 Å². The van der Waals surface area contributed by atoms with E-state index in [2.05, 4.69) is 44.0 Å². The van der Waals surface area contributed by atoms with E-state index in [-0.39, 0.29) is 5.54 Å². The highest BCUT2D eigenvalue weighted by Crippen LogP contribution is 2.25. The number of piperidine rings is 1. The summed E-state index contributed by atoms with van der Waals surface area (Å²) in [5.74, 6) is 1.71. The van der Waals surface area contributed by atoms with Crippen LogP contribution < -0.4 is 5.32 Å². The van der Waals surface area contributed by atoms with E-state index in [9.17, 15) is 5.26 Å². The summed E-state index contributed by atoms with van der Waals surface area (Å²) in [6.07, 6.45) is 3.55. The Balaban J connectivity index is 2.35. The van der Waals surface area contributed by atoms with Gasteiger partial charge in [-0.15, -0.1) is 0 Å². The molecule has 0 aromatic rings. The molecule has 0 saturated carbocycles. The first-order valence-electron chi connectivity index (χ1n) is 7.77. The van der Waals surface area contributed by atoms with Crippen molar-refractivity contribution < 1.29 is 0 Å². The summed E-state index contributed by atoms with van der Waals surface area (Å²) >= 11 is 0. The van der Waals surface area contributed by atoms with Gasteiger partial charge < -0.3 is 4.90 Å². The molecule has 110 valence electrons. The van der Waals surface area contributed by atoms with Gasteiger partial charge in [-0.1, -0.05) is 13.8 Å². The van der Waals surface area contributed by atoms with Crippen molar-refractivity contribution in [2.75, 3.05) is 19.6 Å². The predicted octanol–water partition coefficient (Wildman–Crippen LogP) is 3.02. The second-order valence-electron chi connectivity index (χ2n) is 6.92. The van der Waals surface area contributed by atoms with Gasteiger partial charge in [0, 0.05) is 12.6 Å². The molecule has 0 bridgehead atoms. The molecule has 3 nitrogen and oxygen atoms in total. The summed E-state index contributed by atoms with van der Waals surface area (Å²) in [6.45, 7) is 14.3. The summed E-state index contributed by atoms with van der Waals surface area (Å²) in [6, 6.07) is 2.80. The molecule has 1 aliphatic rings. The molecule has 1 saturated heterocycles. The van der Waals surface area contributed by atoms with E-state index in [0.29, 0.717) is 6.04 Å². The summed E-state index contributed by atoms with van der Waals surface area (Å²) < 4.78 is 0. The molecule has 1 N–H and O–H groups in total. The number of nitrogens with one attached hydrogen (secondary N) is 1. The molecular formula is C16H31N3. The normalized spacial score (nSPS) is 21.6. The van der Waals surface area contributed by atoms with Crippen molar-refractivity contribution >= 4 is 0 Å². The first-order valence-corrected chi connectivity index (χ1v) is 7.77. The van der Waals surface area contributed by atoms with Crippen molar-refractivity contribution in [2.24, 2.45) is 11.8 Å². The lowest BCUT2D eigenvalue weighted by Crippen LogP contribution is -2.48. The molecule has 1 rings (SSSR count). The first-order chi connectivity index (χ1) is 8.86. The van der Waals surface area contributed by atoms with E-state index in [1.807, 2.05) is 6.92 Å². The van der Waals surface area contributed by atoms with Crippen LogP contribution in [0.5, 0.6) is 0 Å². The van der Waals surface area contributed by atoms with Gasteiger partial charge in [0.25, 0.3) is 0 Å². The maximum atomic E-state index is 9.35. The Labute approximate surface area is 119 Å². The van der Waals surface area contributed by atoms with Crippen LogP contribution in [0.3, 0.4) is 0 Å². The quantitative estimate of drug-likeness (QED) is 0.802. The summed E-state index contributed by atoms with van der Waals surface area (Å²) in [5.41, 5.74) is -0.386. The minimum Gasteiger partial charge on any atom is -0.303 e. The Bertz CT molecular complexity index is 298. The highest BCUT2D eigenvalue weighted by Gasteiger charge is 2.27. The van der Waals surface area contributed by atoms with Crippen LogP contribution in [-0.2, 0) is 0 Å².